The Morgan fingerprint density at radius 2 is 2.00 bits per heavy atom. The Labute approximate surface area is 129 Å². The third kappa shape index (κ3) is 2.11. The number of aryl methyl sites for hydroxylation is 1. The summed E-state index contributed by atoms with van der Waals surface area (Å²) in [6, 6.07) is 6.88. The molecule has 0 aliphatic carbocycles. The molecule has 2 fully saturated rings. The highest BCUT2D eigenvalue weighted by atomic mass is 16.5. The van der Waals surface area contributed by atoms with Crippen LogP contribution in [0.2, 0.25) is 0 Å². The Bertz CT molecular complexity index is 710. The minimum absolute atomic E-state index is 0.0410. The maximum Gasteiger partial charge on any atom is 0.342 e. The fraction of sp³-hybridized carbons (Fsp3) is 0.529. The van der Waals surface area contributed by atoms with E-state index in [0.717, 1.165) is 24.1 Å². The zero-order valence-corrected chi connectivity index (χ0v) is 13.0. The number of piperidine rings is 1. The Kier molecular flexibility index (Phi) is 3.18. The molecule has 116 valence electrons. The first-order valence-electron chi connectivity index (χ1n) is 8.00. The lowest BCUT2D eigenvalue weighted by Gasteiger charge is -2.35. The molecule has 2 unspecified atom stereocenters. The number of carbonyl (C=O) groups is 1. The van der Waals surface area contributed by atoms with Crippen LogP contribution in [0.4, 0.5) is 0 Å². The fourth-order valence-electron chi connectivity index (χ4n) is 4.04. The molecular weight excluding hydrogens is 278 g/mol. The normalized spacial score (nSPS) is 28.2. The SMILES string of the molecule is Cc1nn2ccccc2c1C(=O)OC1CC2CCC(C1)N2C. The van der Waals surface area contributed by atoms with Gasteiger partial charge in [-0.1, -0.05) is 6.07 Å². The van der Waals surface area contributed by atoms with Gasteiger partial charge in [-0.25, -0.2) is 9.31 Å². The van der Waals surface area contributed by atoms with Crippen molar-refractivity contribution in [3.05, 3.63) is 35.7 Å². The number of hydrogen-bond acceptors (Lipinski definition) is 4. The molecule has 2 saturated heterocycles. The minimum atomic E-state index is -0.229. The third-order valence-corrected chi connectivity index (χ3v) is 5.25. The van der Waals surface area contributed by atoms with Gasteiger partial charge in [-0.2, -0.15) is 5.10 Å². The number of carbonyl (C=O) groups excluding carboxylic acids is 1. The zero-order chi connectivity index (χ0) is 15.3. The van der Waals surface area contributed by atoms with Crippen molar-refractivity contribution in [3.8, 4) is 0 Å². The lowest BCUT2D eigenvalue weighted by atomic mass is 10.0. The molecule has 5 nitrogen and oxygen atoms in total. The second kappa shape index (κ2) is 5.09. The summed E-state index contributed by atoms with van der Waals surface area (Å²) in [5.74, 6) is -0.229. The summed E-state index contributed by atoms with van der Waals surface area (Å²) >= 11 is 0. The Morgan fingerprint density at radius 1 is 1.27 bits per heavy atom. The molecule has 2 atom stereocenters. The van der Waals surface area contributed by atoms with Crippen LogP contribution in [-0.2, 0) is 4.74 Å². The number of esters is 1. The van der Waals surface area contributed by atoms with Gasteiger partial charge in [0.1, 0.15) is 11.7 Å². The topological polar surface area (TPSA) is 46.8 Å². The summed E-state index contributed by atoms with van der Waals surface area (Å²) in [6.45, 7) is 1.86. The maximum absolute atomic E-state index is 12.6. The molecule has 0 spiro atoms. The van der Waals surface area contributed by atoms with Gasteiger partial charge in [-0.3, -0.25) is 0 Å². The van der Waals surface area contributed by atoms with Crippen LogP contribution in [0.1, 0.15) is 41.7 Å². The molecule has 0 radical (unpaired) electrons. The van der Waals surface area contributed by atoms with Crippen LogP contribution < -0.4 is 0 Å². The maximum atomic E-state index is 12.6. The van der Waals surface area contributed by atoms with Crippen molar-refractivity contribution in [2.45, 2.75) is 50.8 Å². The number of rotatable bonds is 2. The largest absolute Gasteiger partial charge is 0.459 e. The summed E-state index contributed by atoms with van der Waals surface area (Å²) < 4.78 is 7.58. The van der Waals surface area contributed by atoms with E-state index in [-0.39, 0.29) is 12.1 Å². The summed E-state index contributed by atoms with van der Waals surface area (Å²) in [4.78, 5) is 15.1. The zero-order valence-electron chi connectivity index (χ0n) is 13.0. The smallest absolute Gasteiger partial charge is 0.342 e. The highest BCUT2D eigenvalue weighted by Gasteiger charge is 2.40. The van der Waals surface area contributed by atoms with Gasteiger partial charge in [0.25, 0.3) is 0 Å². The lowest BCUT2D eigenvalue weighted by molar-refractivity contribution is -0.000328. The second-order valence-corrected chi connectivity index (χ2v) is 6.54. The molecule has 4 heterocycles. The summed E-state index contributed by atoms with van der Waals surface area (Å²) in [5, 5.41) is 4.39. The fourth-order valence-corrected chi connectivity index (χ4v) is 4.04. The summed E-state index contributed by atoms with van der Waals surface area (Å²) in [5.41, 5.74) is 2.15. The van der Waals surface area contributed by atoms with Gasteiger partial charge in [0.2, 0.25) is 0 Å². The molecule has 0 N–H and O–H groups in total. The van der Waals surface area contributed by atoms with Gasteiger partial charge in [0.15, 0.2) is 0 Å². The van der Waals surface area contributed by atoms with Gasteiger partial charge >= 0.3 is 5.97 Å². The van der Waals surface area contributed by atoms with Crippen molar-refractivity contribution in [2.75, 3.05) is 7.05 Å². The van der Waals surface area contributed by atoms with Crippen LogP contribution in [0.3, 0.4) is 0 Å². The predicted octanol–water partition coefficient (Wildman–Crippen LogP) is 2.42. The Balaban J connectivity index is 1.56. The van der Waals surface area contributed by atoms with Gasteiger partial charge in [-0.05, 0) is 38.9 Å². The molecule has 2 aliphatic heterocycles. The van der Waals surface area contributed by atoms with Crippen molar-refractivity contribution >= 4 is 11.5 Å². The van der Waals surface area contributed by atoms with E-state index in [0.29, 0.717) is 17.6 Å². The molecule has 22 heavy (non-hydrogen) atoms. The van der Waals surface area contributed by atoms with E-state index >= 15 is 0 Å². The van der Waals surface area contributed by atoms with Crippen molar-refractivity contribution < 1.29 is 9.53 Å². The quantitative estimate of drug-likeness (QED) is 0.799. The molecule has 2 aliphatic rings. The monoisotopic (exact) mass is 299 g/mol. The molecule has 2 aromatic rings. The average Bonchev–Trinajstić information content (AvgIpc) is 2.90. The van der Waals surface area contributed by atoms with E-state index in [1.165, 1.54) is 12.8 Å². The number of nitrogens with zero attached hydrogens (tertiary/aromatic N) is 3. The van der Waals surface area contributed by atoms with E-state index in [1.807, 2.05) is 31.3 Å². The van der Waals surface area contributed by atoms with Crippen molar-refractivity contribution in [1.82, 2.24) is 14.5 Å². The number of aromatic nitrogens is 2. The third-order valence-electron chi connectivity index (χ3n) is 5.25. The lowest BCUT2D eigenvalue weighted by Crippen LogP contribution is -2.43. The van der Waals surface area contributed by atoms with Crippen LogP contribution in [0, 0.1) is 6.92 Å². The Hall–Kier alpha value is -1.88. The van der Waals surface area contributed by atoms with Crippen molar-refractivity contribution in [1.29, 1.82) is 0 Å². The van der Waals surface area contributed by atoms with Crippen LogP contribution in [-0.4, -0.2) is 45.7 Å². The first-order chi connectivity index (χ1) is 10.6. The molecule has 0 amide bonds. The number of hydrogen-bond donors (Lipinski definition) is 0. The van der Waals surface area contributed by atoms with E-state index in [4.69, 9.17) is 4.74 Å². The molecule has 2 aromatic heterocycles. The highest BCUT2D eigenvalue weighted by Crippen LogP contribution is 2.35. The van der Waals surface area contributed by atoms with Crippen molar-refractivity contribution in [2.24, 2.45) is 0 Å². The summed E-state index contributed by atoms with van der Waals surface area (Å²) in [6.07, 6.45) is 6.26. The molecule has 2 bridgehead atoms. The summed E-state index contributed by atoms with van der Waals surface area (Å²) in [7, 11) is 2.19. The minimum Gasteiger partial charge on any atom is -0.459 e. The molecule has 0 aromatic carbocycles. The van der Waals surface area contributed by atoms with E-state index in [2.05, 4.69) is 17.0 Å². The van der Waals surface area contributed by atoms with Crippen LogP contribution in [0.5, 0.6) is 0 Å². The van der Waals surface area contributed by atoms with Gasteiger partial charge < -0.3 is 9.64 Å². The van der Waals surface area contributed by atoms with Crippen molar-refractivity contribution in [3.63, 3.8) is 0 Å². The average molecular weight is 299 g/mol. The van der Waals surface area contributed by atoms with Gasteiger partial charge in [0, 0.05) is 31.1 Å². The highest BCUT2D eigenvalue weighted by molar-refractivity contribution is 5.98. The van der Waals surface area contributed by atoms with Crippen LogP contribution in [0.25, 0.3) is 5.52 Å². The molecule has 4 rings (SSSR count). The van der Waals surface area contributed by atoms with Gasteiger partial charge in [0.05, 0.1) is 11.2 Å². The van der Waals surface area contributed by atoms with E-state index in [1.54, 1.807) is 4.52 Å². The number of pyridine rings is 1. The first-order valence-corrected chi connectivity index (χ1v) is 8.00. The molecule has 0 saturated carbocycles. The Morgan fingerprint density at radius 3 is 2.73 bits per heavy atom. The van der Waals surface area contributed by atoms with Gasteiger partial charge in [-0.15, -0.1) is 0 Å². The van der Waals surface area contributed by atoms with E-state index < -0.39 is 0 Å². The second-order valence-electron chi connectivity index (χ2n) is 6.54. The standard InChI is InChI=1S/C17H21N3O2/c1-11-16(15-5-3-4-8-20(15)18-11)17(21)22-14-9-12-6-7-13(10-14)19(12)2/h3-5,8,12-14H,6-7,9-10H2,1-2H3. The van der Waals surface area contributed by atoms with Crippen LogP contribution in [0.15, 0.2) is 24.4 Å². The van der Waals surface area contributed by atoms with Crippen LogP contribution >= 0.6 is 0 Å². The van der Waals surface area contributed by atoms with E-state index in [9.17, 15) is 4.79 Å². The first kappa shape index (κ1) is 13.8. The molecule has 5 heteroatoms. The number of fused-ring (bicyclic) bond motifs is 3. The number of ether oxygens (including phenoxy) is 1. The molecular formula is C17H21N3O2. The predicted molar refractivity (Wildman–Crippen MR) is 82.9 cm³/mol.